The number of rotatable bonds is 5. The fraction of sp³-hybridized carbons (Fsp3) is 0.500. The maximum Gasteiger partial charge on any atom is 0.329 e. The second-order valence-corrected chi connectivity index (χ2v) is 6.93. The Morgan fingerprint density at radius 1 is 1.32 bits per heavy atom. The minimum atomic E-state index is -1.13. The molecule has 1 fully saturated rings. The van der Waals surface area contributed by atoms with Crippen molar-refractivity contribution >= 4 is 23.6 Å². The zero-order chi connectivity index (χ0) is 16.2. The number of hydrogen-bond donors (Lipinski definition) is 2. The molecular weight excluding hydrogens is 305 g/mol. The molecule has 2 N–H and O–H groups in total. The number of carbonyl (C=O) groups excluding carboxylic acids is 1. The van der Waals surface area contributed by atoms with Crippen molar-refractivity contribution in [2.45, 2.75) is 37.6 Å². The van der Waals surface area contributed by atoms with Crippen LogP contribution in [0.15, 0.2) is 24.3 Å². The molecule has 1 aromatic rings. The van der Waals surface area contributed by atoms with Gasteiger partial charge in [0.1, 0.15) is 11.4 Å². The summed E-state index contributed by atoms with van der Waals surface area (Å²) in [5.74, 6) is -0.170. The summed E-state index contributed by atoms with van der Waals surface area (Å²) in [5.41, 5.74) is -0.273. The lowest BCUT2D eigenvalue weighted by Gasteiger charge is -2.34. The van der Waals surface area contributed by atoms with Gasteiger partial charge in [0.2, 0.25) is 5.91 Å². The highest BCUT2D eigenvalue weighted by atomic mass is 32.2. The number of thioether (sulfide) groups is 1. The topological polar surface area (TPSA) is 66.4 Å². The Labute approximate surface area is 133 Å². The molecule has 1 aromatic carbocycles. The van der Waals surface area contributed by atoms with Gasteiger partial charge in [0.05, 0.1) is 0 Å². The summed E-state index contributed by atoms with van der Waals surface area (Å²) < 4.78 is 12.9. The number of carboxylic acid groups (broad SMARTS) is 1. The van der Waals surface area contributed by atoms with Crippen molar-refractivity contribution in [2.24, 2.45) is 0 Å². The Balaban J connectivity index is 1.99. The minimum Gasteiger partial charge on any atom is -0.480 e. The van der Waals surface area contributed by atoms with Gasteiger partial charge in [-0.3, -0.25) is 4.79 Å². The summed E-state index contributed by atoms with van der Waals surface area (Å²) in [6, 6.07) is 6.02. The highest BCUT2D eigenvalue weighted by Crippen LogP contribution is 2.28. The molecule has 1 saturated heterocycles. The first-order valence-electron chi connectivity index (χ1n) is 7.30. The smallest absolute Gasteiger partial charge is 0.329 e. The summed E-state index contributed by atoms with van der Waals surface area (Å²) >= 11 is 1.70. The van der Waals surface area contributed by atoms with E-state index in [1.807, 2.05) is 6.92 Å². The van der Waals surface area contributed by atoms with E-state index < -0.39 is 11.5 Å². The number of benzene rings is 1. The Kier molecular flexibility index (Phi) is 5.45. The summed E-state index contributed by atoms with van der Waals surface area (Å²) in [6.45, 7) is 1.87. The van der Waals surface area contributed by atoms with Gasteiger partial charge in [-0.25, -0.2) is 9.18 Å². The Morgan fingerprint density at radius 2 is 1.91 bits per heavy atom. The second-order valence-electron chi connectivity index (χ2n) is 5.70. The Morgan fingerprint density at radius 3 is 2.45 bits per heavy atom. The number of aliphatic carboxylic acids is 1. The number of carbonyl (C=O) groups is 2. The molecule has 1 atom stereocenters. The van der Waals surface area contributed by atoms with Crippen LogP contribution in [0, 0.1) is 5.82 Å². The average Bonchev–Trinajstić information content (AvgIpc) is 2.48. The van der Waals surface area contributed by atoms with E-state index in [0.29, 0.717) is 12.8 Å². The van der Waals surface area contributed by atoms with Crippen LogP contribution in [-0.2, 0) is 9.59 Å². The monoisotopic (exact) mass is 325 g/mol. The molecule has 1 unspecified atom stereocenters. The first kappa shape index (κ1) is 16.8. The Bertz CT molecular complexity index is 541. The summed E-state index contributed by atoms with van der Waals surface area (Å²) in [6.07, 6.45) is 1.08. The van der Waals surface area contributed by atoms with Gasteiger partial charge in [-0.2, -0.15) is 11.8 Å². The summed E-state index contributed by atoms with van der Waals surface area (Å²) in [4.78, 5) is 23.8. The molecule has 2 rings (SSSR count). The van der Waals surface area contributed by atoms with Crippen molar-refractivity contribution in [3.63, 3.8) is 0 Å². The van der Waals surface area contributed by atoms with Crippen LogP contribution in [-0.4, -0.2) is 34.0 Å². The van der Waals surface area contributed by atoms with E-state index in [0.717, 1.165) is 17.1 Å². The summed E-state index contributed by atoms with van der Waals surface area (Å²) in [7, 11) is 0. The van der Waals surface area contributed by atoms with Crippen LogP contribution >= 0.6 is 11.8 Å². The molecule has 1 heterocycles. The van der Waals surface area contributed by atoms with Crippen molar-refractivity contribution < 1.29 is 19.1 Å². The fourth-order valence-corrected chi connectivity index (χ4v) is 3.81. The predicted octanol–water partition coefficient (Wildman–Crippen LogP) is 2.79. The lowest BCUT2D eigenvalue weighted by atomic mass is 9.91. The third kappa shape index (κ3) is 4.00. The van der Waals surface area contributed by atoms with E-state index in [1.54, 1.807) is 23.9 Å². The lowest BCUT2D eigenvalue weighted by molar-refractivity contribution is -0.148. The van der Waals surface area contributed by atoms with Gasteiger partial charge in [0.25, 0.3) is 0 Å². The third-order valence-electron chi connectivity index (χ3n) is 4.07. The number of carboxylic acids is 1. The lowest BCUT2D eigenvalue weighted by Crippen LogP contribution is -2.56. The van der Waals surface area contributed by atoms with Crippen LogP contribution < -0.4 is 5.32 Å². The molecule has 6 heteroatoms. The molecule has 0 aliphatic carbocycles. The van der Waals surface area contributed by atoms with Crippen LogP contribution in [0.5, 0.6) is 0 Å². The van der Waals surface area contributed by atoms with Gasteiger partial charge >= 0.3 is 5.97 Å². The van der Waals surface area contributed by atoms with Gasteiger partial charge in [0, 0.05) is 6.42 Å². The summed E-state index contributed by atoms with van der Waals surface area (Å²) in [5, 5.41) is 12.2. The molecule has 120 valence electrons. The maximum atomic E-state index is 12.9. The number of hydrogen-bond acceptors (Lipinski definition) is 3. The van der Waals surface area contributed by atoms with Gasteiger partial charge in [-0.05, 0) is 48.0 Å². The molecule has 22 heavy (non-hydrogen) atoms. The van der Waals surface area contributed by atoms with Crippen LogP contribution in [0.4, 0.5) is 4.39 Å². The van der Waals surface area contributed by atoms with E-state index in [2.05, 4.69) is 5.32 Å². The van der Waals surface area contributed by atoms with Gasteiger partial charge in [-0.15, -0.1) is 0 Å². The maximum absolute atomic E-state index is 12.9. The molecule has 1 aliphatic heterocycles. The van der Waals surface area contributed by atoms with Gasteiger partial charge in [0.15, 0.2) is 0 Å². The normalized spacial score (nSPS) is 18.5. The molecule has 0 radical (unpaired) electrons. The predicted molar refractivity (Wildman–Crippen MR) is 84.5 cm³/mol. The van der Waals surface area contributed by atoms with Crippen LogP contribution in [0.25, 0.3) is 0 Å². The van der Waals surface area contributed by atoms with E-state index in [4.69, 9.17) is 0 Å². The highest BCUT2D eigenvalue weighted by molar-refractivity contribution is 7.99. The van der Waals surface area contributed by atoms with Crippen molar-refractivity contribution in [3.8, 4) is 0 Å². The van der Waals surface area contributed by atoms with Crippen molar-refractivity contribution in [3.05, 3.63) is 35.6 Å². The minimum absolute atomic E-state index is 0.0931. The number of nitrogens with one attached hydrogen (secondary N) is 1. The molecule has 1 aliphatic rings. The quantitative estimate of drug-likeness (QED) is 0.873. The number of halogens is 1. The van der Waals surface area contributed by atoms with E-state index in [1.165, 1.54) is 12.1 Å². The van der Waals surface area contributed by atoms with Gasteiger partial charge < -0.3 is 10.4 Å². The number of amides is 1. The average molecular weight is 325 g/mol. The second kappa shape index (κ2) is 7.13. The first-order valence-corrected chi connectivity index (χ1v) is 8.46. The molecule has 0 aromatic heterocycles. The van der Waals surface area contributed by atoms with Crippen LogP contribution in [0.1, 0.15) is 37.7 Å². The third-order valence-corrected chi connectivity index (χ3v) is 5.05. The van der Waals surface area contributed by atoms with Crippen molar-refractivity contribution in [1.29, 1.82) is 0 Å². The van der Waals surface area contributed by atoms with Crippen molar-refractivity contribution in [1.82, 2.24) is 5.32 Å². The molecule has 4 nitrogen and oxygen atoms in total. The van der Waals surface area contributed by atoms with E-state index in [-0.39, 0.29) is 24.1 Å². The zero-order valence-electron chi connectivity index (χ0n) is 12.5. The van der Waals surface area contributed by atoms with Gasteiger partial charge in [-0.1, -0.05) is 19.1 Å². The molecule has 0 spiro atoms. The highest BCUT2D eigenvalue weighted by Gasteiger charge is 2.41. The molecular formula is C16H20FNO3S. The van der Waals surface area contributed by atoms with Crippen LogP contribution in [0.2, 0.25) is 0 Å². The standard InChI is InChI=1S/C16H20FNO3S/c1-11(12-2-4-13(17)5-3-12)10-14(19)18-16(15(20)21)6-8-22-9-7-16/h2-5,11H,6-10H2,1H3,(H,18,19)(H,20,21). The van der Waals surface area contributed by atoms with Crippen molar-refractivity contribution in [2.75, 3.05) is 11.5 Å². The molecule has 1 amide bonds. The fourth-order valence-electron chi connectivity index (χ4n) is 2.62. The van der Waals surface area contributed by atoms with Crippen LogP contribution in [0.3, 0.4) is 0 Å². The SMILES string of the molecule is CC(CC(=O)NC1(C(=O)O)CCSCC1)c1ccc(F)cc1. The first-order chi connectivity index (χ1) is 10.4. The van der Waals surface area contributed by atoms with E-state index in [9.17, 15) is 19.1 Å². The van der Waals surface area contributed by atoms with E-state index >= 15 is 0 Å². The largest absolute Gasteiger partial charge is 0.480 e. The molecule has 0 bridgehead atoms. The molecule has 0 saturated carbocycles. The Hall–Kier alpha value is -1.56. The zero-order valence-corrected chi connectivity index (χ0v) is 13.3.